The third-order valence-corrected chi connectivity index (χ3v) is 5.59. The third kappa shape index (κ3) is 8.58. The van der Waals surface area contributed by atoms with Gasteiger partial charge >= 0.3 is 29.6 Å². The molecule has 1 atom stereocenters. The molecule has 9 nitrogen and oxygen atoms in total. The average molecular weight is 525 g/mol. The van der Waals surface area contributed by atoms with Crippen molar-refractivity contribution in [1.82, 2.24) is 20.6 Å². The molecule has 1 heterocycles. The fourth-order valence-electron chi connectivity index (χ4n) is 3.61. The van der Waals surface area contributed by atoms with Crippen molar-refractivity contribution >= 4 is 11.6 Å². The van der Waals surface area contributed by atoms with E-state index in [0.29, 0.717) is 40.9 Å². The first kappa shape index (κ1) is 29.2. The van der Waals surface area contributed by atoms with Crippen molar-refractivity contribution in [3.63, 3.8) is 0 Å². The van der Waals surface area contributed by atoms with Gasteiger partial charge in [0.1, 0.15) is 17.2 Å². The van der Waals surface area contributed by atoms with E-state index in [1.165, 1.54) is 12.8 Å². The molecule has 0 aliphatic heterocycles. The number of para-hydroxylation sites is 2. The van der Waals surface area contributed by atoms with Gasteiger partial charge < -0.3 is 19.5 Å². The molecule has 0 bridgehead atoms. The van der Waals surface area contributed by atoms with Gasteiger partial charge in [-0.15, -0.1) is 10.2 Å². The fourth-order valence-corrected chi connectivity index (χ4v) is 3.61. The second-order valence-electron chi connectivity index (χ2n) is 8.49. The molecule has 1 aromatic heterocycles. The van der Waals surface area contributed by atoms with Crippen molar-refractivity contribution in [2.75, 3.05) is 11.9 Å². The van der Waals surface area contributed by atoms with Crippen molar-refractivity contribution in [2.45, 2.75) is 45.6 Å². The number of hydrogen-bond donors (Lipinski definition) is 2. The molecular formula is C28H31N5NaO4+. The normalized spacial score (nSPS) is 11.2. The number of amides is 1. The zero-order chi connectivity index (χ0) is 25.9. The van der Waals surface area contributed by atoms with Gasteiger partial charge in [0.05, 0.1) is 12.3 Å². The maximum absolute atomic E-state index is 12.9. The summed E-state index contributed by atoms with van der Waals surface area (Å²) in [6.45, 7) is 4.69. The summed E-state index contributed by atoms with van der Waals surface area (Å²) in [5, 5.41) is 16.8. The van der Waals surface area contributed by atoms with Crippen LogP contribution in [0.4, 0.5) is 5.69 Å². The number of ether oxygens (including phenoxy) is 3. The molecule has 0 radical (unpaired) electrons. The summed E-state index contributed by atoms with van der Waals surface area (Å²) in [5.74, 6) is 2.62. The van der Waals surface area contributed by atoms with Gasteiger partial charge in [-0.1, -0.05) is 49.6 Å². The van der Waals surface area contributed by atoms with Crippen LogP contribution >= 0.6 is 0 Å². The fraction of sp³-hybridized carbons (Fsp3) is 0.286. The Morgan fingerprint density at radius 2 is 1.74 bits per heavy atom. The van der Waals surface area contributed by atoms with Gasteiger partial charge in [-0.25, -0.2) is 0 Å². The number of aromatic amines is 1. The Kier molecular flexibility index (Phi) is 11.6. The number of carbonyl (C=O) groups excluding carboxylic acids is 1. The second-order valence-corrected chi connectivity index (χ2v) is 8.49. The van der Waals surface area contributed by atoms with Crippen LogP contribution in [-0.4, -0.2) is 33.1 Å². The summed E-state index contributed by atoms with van der Waals surface area (Å²) in [7, 11) is 0. The summed E-state index contributed by atoms with van der Waals surface area (Å²) in [6, 6.07) is 21.6. The number of H-pyrrole nitrogens is 1. The molecule has 2 N–H and O–H groups in total. The van der Waals surface area contributed by atoms with E-state index in [1.807, 2.05) is 49.4 Å². The molecule has 0 aliphatic rings. The molecule has 1 amide bonds. The summed E-state index contributed by atoms with van der Waals surface area (Å²) in [6.07, 6.45) is 4.21. The number of anilines is 1. The van der Waals surface area contributed by atoms with E-state index in [1.54, 1.807) is 30.3 Å². The van der Waals surface area contributed by atoms with Gasteiger partial charge in [0.15, 0.2) is 11.9 Å². The van der Waals surface area contributed by atoms with Crippen molar-refractivity contribution in [2.24, 2.45) is 0 Å². The third-order valence-electron chi connectivity index (χ3n) is 5.59. The zero-order valence-electron chi connectivity index (χ0n) is 22.0. The van der Waals surface area contributed by atoms with Gasteiger partial charge in [0.2, 0.25) is 5.82 Å². The number of carbonyl (C=O) groups is 1. The largest absolute Gasteiger partial charge is 1.00 e. The van der Waals surface area contributed by atoms with Crippen LogP contribution in [0.15, 0.2) is 72.8 Å². The predicted molar refractivity (Wildman–Crippen MR) is 140 cm³/mol. The molecule has 3 aromatic carbocycles. The van der Waals surface area contributed by atoms with Gasteiger partial charge in [0.25, 0.3) is 5.91 Å². The smallest absolute Gasteiger partial charge is 0.494 e. The summed E-state index contributed by atoms with van der Waals surface area (Å²) in [4.78, 5) is 12.9. The van der Waals surface area contributed by atoms with E-state index in [4.69, 9.17) is 14.2 Å². The van der Waals surface area contributed by atoms with Crippen molar-refractivity contribution in [3.8, 4) is 23.0 Å². The molecule has 0 saturated carbocycles. The van der Waals surface area contributed by atoms with Crippen molar-refractivity contribution < 1.29 is 48.6 Å². The van der Waals surface area contributed by atoms with Crippen LogP contribution in [0.1, 0.15) is 61.8 Å². The van der Waals surface area contributed by atoms with Crippen LogP contribution in [0.2, 0.25) is 0 Å². The van der Waals surface area contributed by atoms with E-state index in [9.17, 15) is 4.79 Å². The number of nitrogens with zero attached hydrogens (tertiary/aromatic N) is 3. The Hall–Kier alpha value is -3.40. The first-order valence-corrected chi connectivity index (χ1v) is 12.4. The minimum atomic E-state index is -0.390. The number of rotatable bonds is 13. The molecule has 4 rings (SSSR count). The summed E-state index contributed by atoms with van der Waals surface area (Å²) in [5.41, 5.74) is 1.08. The monoisotopic (exact) mass is 524 g/mol. The second kappa shape index (κ2) is 15.1. The molecule has 0 fully saturated rings. The summed E-state index contributed by atoms with van der Waals surface area (Å²) < 4.78 is 17.8. The van der Waals surface area contributed by atoms with E-state index >= 15 is 0 Å². The van der Waals surface area contributed by atoms with Crippen LogP contribution in [0, 0.1) is 0 Å². The van der Waals surface area contributed by atoms with E-state index in [-0.39, 0.29) is 35.5 Å². The molecule has 0 saturated heterocycles. The Morgan fingerprint density at radius 3 is 2.50 bits per heavy atom. The predicted octanol–water partition coefficient (Wildman–Crippen LogP) is 3.35. The number of benzene rings is 3. The van der Waals surface area contributed by atoms with Crippen LogP contribution in [0.25, 0.3) is 0 Å². The molecule has 1 unspecified atom stereocenters. The quantitative estimate of drug-likeness (QED) is 0.204. The maximum Gasteiger partial charge on any atom is 1.00 e. The number of aromatic nitrogens is 4. The minimum Gasteiger partial charge on any atom is -0.494 e. The van der Waals surface area contributed by atoms with Crippen LogP contribution < -0.4 is 49.1 Å². The molecule has 0 aliphatic carbocycles. The van der Waals surface area contributed by atoms with Gasteiger partial charge in [-0.2, -0.15) is 5.21 Å². The zero-order valence-corrected chi connectivity index (χ0v) is 24.0. The molecule has 192 valence electrons. The van der Waals surface area contributed by atoms with Crippen molar-refractivity contribution in [1.29, 1.82) is 0 Å². The number of hydrogen-bond acceptors (Lipinski definition) is 7. The molecule has 4 aromatic rings. The first-order valence-electron chi connectivity index (χ1n) is 12.4. The van der Waals surface area contributed by atoms with E-state index in [0.717, 1.165) is 18.6 Å². The Morgan fingerprint density at radius 1 is 0.947 bits per heavy atom. The van der Waals surface area contributed by atoms with Crippen LogP contribution in [0.5, 0.6) is 23.0 Å². The standard InChI is InChI=1S/C28H31N5O4.Na/c1-3-4-5-8-18-35-22-16-14-21(15-17-22)28(34)29-25-12-6-7-13-26(25)37-24-11-9-10-23(19-24)36-20(2)27-30-32-33-31-27;/h6-7,9-17,19-20H,3-5,8,18H2,1-2H3,(H,29,34)(H,30,31,32,33);/q;+1. The maximum atomic E-state index is 12.9. The van der Waals surface area contributed by atoms with Gasteiger partial charge in [0, 0.05) is 11.6 Å². The van der Waals surface area contributed by atoms with E-state index < -0.39 is 6.10 Å². The van der Waals surface area contributed by atoms with Crippen molar-refractivity contribution in [3.05, 3.63) is 84.2 Å². The number of unbranched alkanes of at least 4 members (excludes halogenated alkanes) is 3. The number of nitrogens with one attached hydrogen (secondary N) is 2. The topological polar surface area (TPSA) is 111 Å². The Balaban J connectivity index is 0.00000400. The van der Waals surface area contributed by atoms with Gasteiger partial charge in [-0.3, -0.25) is 4.79 Å². The van der Waals surface area contributed by atoms with Gasteiger partial charge in [-0.05, 0) is 61.9 Å². The summed E-state index contributed by atoms with van der Waals surface area (Å²) >= 11 is 0. The first-order chi connectivity index (χ1) is 18.1. The molecule has 10 heteroatoms. The van der Waals surface area contributed by atoms with Crippen LogP contribution in [0.3, 0.4) is 0 Å². The molecule has 38 heavy (non-hydrogen) atoms. The Labute approximate surface area is 244 Å². The molecule has 0 spiro atoms. The minimum absolute atomic E-state index is 0. The number of tetrazole rings is 1. The van der Waals surface area contributed by atoms with E-state index in [2.05, 4.69) is 32.9 Å². The Bertz CT molecular complexity index is 1270. The average Bonchev–Trinajstić information content (AvgIpc) is 3.46. The SMILES string of the molecule is CCCCCCOc1ccc(C(=O)Nc2ccccc2Oc2cccc(OC(C)c3nn[nH]n3)c2)cc1.[Na+]. The molecular weight excluding hydrogens is 493 g/mol. The van der Waals surface area contributed by atoms with Crippen LogP contribution in [-0.2, 0) is 0 Å².